The Balaban J connectivity index is 1.62. The third-order valence-electron chi connectivity index (χ3n) is 4.46. The zero-order valence-electron chi connectivity index (χ0n) is 15.9. The van der Waals surface area contributed by atoms with Crippen molar-refractivity contribution in [1.82, 2.24) is 5.32 Å². The molecule has 3 aromatic rings. The fourth-order valence-electron chi connectivity index (χ4n) is 2.98. The molecule has 2 N–H and O–H groups in total. The molecule has 0 aromatic heterocycles. The average Bonchev–Trinajstić information content (AvgIpc) is 2.75. The maximum Gasteiger partial charge on any atom is 0.270 e. The van der Waals surface area contributed by atoms with Crippen LogP contribution in [0.15, 0.2) is 78.4 Å². The second-order valence-electron chi connectivity index (χ2n) is 6.57. The number of phenolic OH excluding ortho intramolecular Hbond substituents is 1. The Morgan fingerprint density at radius 3 is 2.35 bits per heavy atom. The van der Waals surface area contributed by atoms with Gasteiger partial charge in [0.2, 0.25) is 0 Å². The van der Waals surface area contributed by atoms with Crippen molar-refractivity contribution in [1.29, 1.82) is 0 Å². The smallest absolute Gasteiger partial charge is 0.270 e. The normalized spacial score (nSPS) is 15.2. The lowest BCUT2D eigenvalue weighted by Gasteiger charge is -2.29. The topological polar surface area (TPSA) is 78.9 Å². The molecular weight excluding hydrogens is 527 g/mol. The summed E-state index contributed by atoms with van der Waals surface area (Å²) in [4.78, 5) is 26.8. The molecular formula is C23H15IN2O4S. The summed E-state index contributed by atoms with van der Waals surface area (Å²) >= 11 is 7.31. The molecule has 8 heteroatoms. The lowest BCUT2D eigenvalue weighted by atomic mass is 10.1. The van der Waals surface area contributed by atoms with E-state index in [1.165, 1.54) is 17.0 Å². The number of nitrogens with zero attached hydrogens (tertiary/aromatic N) is 1. The SMILES string of the molecule is O=C1NC(=S)N(c2ccc(Oc3ccccc3)cc2)C(=O)C1=Cc1cc(I)ccc1O. The monoisotopic (exact) mass is 542 g/mol. The number of ether oxygens (including phenoxy) is 1. The van der Waals surface area contributed by atoms with Gasteiger partial charge in [0.25, 0.3) is 11.8 Å². The van der Waals surface area contributed by atoms with Gasteiger partial charge in [-0.3, -0.25) is 19.8 Å². The first-order valence-electron chi connectivity index (χ1n) is 9.15. The first kappa shape index (κ1) is 21.0. The number of thiocarbonyl (C=S) groups is 1. The Kier molecular flexibility index (Phi) is 6.01. The van der Waals surface area contributed by atoms with Gasteiger partial charge < -0.3 is 9.84 Å². The van der Waals surface area contributed by atoms with Crippen molar-refractivity contribution in [2.24, 2.45) is 0 Å². The number of carbonyl (C=O) groups excluding carboxylic acids is 2. The zero-order chi connectivity index (χ0) is 22.0. The Hall–Kier alpha value is -3.24. The lowest BCUT2D eigenvalue weighted by Crippen LogP contribution is -2.54. The van der Waals surface area contributed by atoms with Gasteiger partial charge in [0.1, 0.15) is 22.8 Å². The fraction of sp³-hybridized carbons (Fsp3) is 0. The van der Waals surface area contributed by atoms with Crippen LogP contribution in [0.5, 0.6) is 17.2 Å². The third kappa shape index (κ3) is 4.59. The Morgan fingerprint density at radius 1 is 0.968 bits per heavy atom. The van der Waals surface area contributed by atoms with Gasteiger partial charge in [-0.1, -0.05) is 18.2 Å². The van der Waals surface area contributed by atoms with Crippen molar-refractivity contribution in [3.8, 4) is 17.2 Å². The van der Waals surface area contributed by atoms with Crippen molar-refractivity contribution in [3.63, 3.8) is 0 Å². The highest BCUT2D eigenvalue weighted by Gasteiger charge is 2.34. The van der Waals surface area contributed by atoms with E-state index in [4.69, 9.17) is 17.0 Å². The van der Waals surface area contributed by atoms with Gasteiger partial charge in [-0.05, 0) is 95.5 Å². The summed E-state index contributed by atoms with van der Waals surface area (Å²) in [5.74, 6) is 0.0522. The molecule has 0 atom stereocenters. The molecule has 0 bridgehead atoms. The molecule has 4 rings (SSSR count). The quantitative estimate of drug-likeness (QED) is 0.218. The number of phenols is 1. The van der Waals surface area contributed by atoms with Gasteiger partial charge in [-0.15, -0.1) is 0 Å². The lowest BCUT2D eigenvalue weighted by molar-refractivity contribution is -0.122. The average molecular weight is 542 g/mol. The van der Waals surface area contributed by atoms with Gasteiger partial charge in [0.15, 0.2) is 5.11 Å². The number of amides is 2. The minimum absolute atomic E-state index is 0.0178. The van der Waals surface area contributed by atoms with E-state index in [1.807, 2.05) is 30.3 Å². The highest BCUT2D eigenvalue weighted by Crippen LogP contribution is 2.28. The van der Waals surface area contributed by atoms with Crippen LogP contribution in [-0.2, 0) is 9.59 Å². The number of carbonyl (C=O) groups is 2. The van der Waals surface area contributed by atoms with Crippen molar-refractivity contribution < 1.29 is 19.4 Å². The van der Waals surface area contributed by atoms with Crippen LogP contribution in [0.1, 0.15) is 5.56 Å². The molecule has 1 fully saturated rings. The van der Waals surface area contributed by atoms with Crippen molar-refractivity contribution in [2.75, 3.05) is 4.90 Å². The molecule has 2 amide bonds. The van der Waals surface area contributed by atoms with Gasteiger partial charge in [0.05, 0.1) is 5.69 Å². The van der Waals surface area contributed by atoms with Crippen molar-refractivity contribution in [3.05, 3.63) is 87.5 Å². The number of hydrogen-bond acceptors (Lipinski definition) is 5. The molecule has 1 saturated heterocycles. The van der Waals surface area contributed by atoms with Crippen LogP contribution < -0.4 is 15.0 Å². The van der Waals surface area contributed by atoms with Crippen LogP contribution in [0.3, 0.4) is 0 Å². The molecule has 0 spiro atoms. The van der Waals surface area contributed by atoms with Crippen LogP contribution in [-0.4, -0.2) is 22.0 Å². The van der Waals surface area contributed by atoms with Gasteiger partial charge in [-0.25, -0.2) is 0 Å². The van der Waals surface area contributed by atoms with E-state index in [0.717, 1.165) is 3.57 Å². The van der Waals surface area contributed by atoms with Crippen LogP contribution in [0.2, 0.25) is 0 Å². The maximum absolute atomic E-state index is 13.1. The van der Waals surface area contributed by atoms with E-state index < -0.39 is 11.8 Å². The number of halogens is 1. The summed E-state index contributed by atoms with van der Waals surface area (Å²) in [7, 11) is 0. The van der Waals surface area contributed by atoms with Gasteiger partial charge in [-0.2, -0.15) is 0 Å². The first-order chi connectivity index (χ1) is 14.9. The molecule has 3 aromatic carbocycles. The summed E-state index contributed by atoms with van der Waals surface area (Å²) in [6, 6.07) is 21.0. The maximum atomic E-state index is 13.1. The van der Waals surface area contributed by atoms with E-state index in [1.54, 1.807) is 36.4 Å². The van der Waals surface area contributed by atoms with Gasteiger partial charge >= 0.3 is 0 Å². The molecule has 0 radical (unpaired) electrons. The number of anilines is 1. The van der Waals surface area contributed by atoms with Crippen LogP contribution in [0, 0.1) is 3.57 Å². The fourth-order valence-corrected chi connectivity index (χ4v) is 3.77. The van der Waals surface area contributed by atoms with Crippen molar-refractivity contribution >= 4 is 63.5 Å². The van der Waals surface area contributed by atoms with Crippen LogP contribution in [0.4, 0.5) is 5.69 Å². The predicted molar refractivity (Wildman–Crippen MR) is 130 cm³/mol. The number of nitrogens with one attached hydrogen (secondary N) is 1. The summed E-state index contributed by atoms with van der Waals surface area (Å²) in [6.45, 7) is 0. The Morgan fingerprint density at radius 2 is 1.65 bits per heavy atom. The molecule has 1 aliphatic rings. The Labute approximate surface area is 197 Å². The molecule has 6 nitrogen and oxygen atoms in total. The molecule has 154 valence electrons. The molecule has 0 unspecified atom stereocenters. The summed E-state index contributed by atoms with van der Waals surface area (Å²) in [5.41, 5.74) is 0.716. The molecule has 1 aliphatic heterocycles. The summed E-state index contributed by atoms with van der Waals surface area (Å²) in [5, 5.41) is 12.6. The number of hydrogen-bond donors (Lipinski definition) is 2. The van der Waals surface area contributed by atoms with E-state index in [0.29, 0.717) is 22.7 Å². The zero-order valence-corrected chi connectivity index (χ0v) is 18.9. The molecule has 31 heavy (non-hydrogen) atoms. The number of benzene rings is 3. The van der Waals surface area contributed by atoms with E-state index in [2.05, 4.69) is 27.9 Å². The summed E-state index contributed by atoms with van der Waals surface area (Å²) < 4.78 is 6.62. The Bertz CT molecular complexity index is 1210. The minimum atomic E-state index is -0.617. The number of aromatic hydroxyl groups is 1. The van der Waals surface area contributed by atoms with E-state index in [9.17, 15) is 14.7 Å². The van der Waals surface area contributed by atoms with Crippen molar-refractivity contribution in [2.45, 2.75) is 0 Å². The van der Waals surface area contributed by atoms with E-state index in [-0.39, 0.29) is 16.4 Å². The van der Waals surface area contributed by atoms with Gasteiger partial charge in [0, 0.05) is 9.13 Å². The highest BCUT2D eigenvalue weighted by molar-refractivity contribution is 14.1. The number of rotatable bonds is 4. The number of para-hydroxylation sites is 1. The largest absolute Gasteiger partial charge is 0.507 e. The molecule has 1 heterocycles. The predicted octanol–water partition coefficient (Wildman–Crippen LogP) is 4.62. The highest BCUT2D eigenvalue weighted by atomic mass is 127. The first-order valence-corrected chi connectivity index (χ1v) is 10.6. The second kappa shape index (κ2) is 8.86. The minimum Gasteiger partial charge on any atom is -0.507 e. The molecule has 0 aliphatic carbocycles. The summed E-state index contributed by atoms with van der Waals surface area (Å²) in [6.07, 6.45) is 1.36. The second-order valence-corrected chi connectivity index (χ2v) is 8.20. The standard InChI is InChI=1S/C23H15IN2O4S/c24-15-6-11-20(27)14(12-15)13-19-21(28)25-23(31)26(22(19)29)16-7-9-18(10-8-16)30-17-4-2-1-3-5-17/h1-13,27H,(H,25,28,31). The molecule has 0 saturated carbocycles. The van der Waals surface area contributed by atoms with Crippen LogP contribution >= 0.6 is 34.8 Å². The third-order valence-corrected chi connectivity index (χ3v) is 5.42. The van der Waals surface area contributed by atoms with Crippen LogP contribution in [0.25, 0.3) is 6.08 Å². The van der Waals surface area contributed by atoms with E-state index >= 15 is 0 Å².